The lowest BCUT2D eigenvalue weighted by Gasteiger charge is -2.08. The fourth-order valence-corrected chi connectivity index (χ4v) is 1.85. The van der Waals surface area contributed by atoms with Gasteiger partial charge >= 0.3 is 5.97 Å². The van der Waals surface area contributed by atoms with Gasteiger partial charge in [0.2, 0.25) is 6.08 Å². The monoisotopic (exact) mass is 287 g/mol. The molecule has 0 saturated carbocycles. The van der Waals surface area contributed by atoms with E-state index in [1.807, 2.05) is 0 Å². The van der Waals surface area contributed by atoms with E-state index in [0.29, 0.717) is 0 Å². The molecule has 0 aliphatic heterocycles. The predicted octanol–water partition coefficient (Wildman–Crippen LogP) is 2.65. The molecule has 16 heavy (non-hydrogen) atoms. The van der Waals surface area contributed by atoms with Crippen LogP contribution in [0, 0.1) is 12.7 Å². The molecular formula is C10H7BrFNO3. The Bertz CT molecular complexity index is 495. The smallest absolute Gasteiger partial charge is 0.341 e. The van der Waals surface area contributed by atoms with Crippen molar-refractivity contribution in [3.8, 4) is 0 Å². The summed E-state index contributed by atoms with van der Waals surface area (Å²) >= 11 is 3.04. The first-order valence-corrected chi connectivity index (χ1v) is 4.97. The fourth-order valence-electron chi connectivity index (χ4n) is 1.26. The van der Waals surface area contributed by atoms with Crippen molar-refractivity contribution < 1.29 is 18.7 Å². The number of esters is 1. The van der Waals surface area contributed by atoms with Gasteiger partial charge in [-0.25, -0.2) is 14.0 Å². The molecule has 0 aliphatic rings. The molecule has 0 N–H and O–H groups in total. The van der Waals surface area contributed by atoms with Crippen LogP contribution in [0.1, 0.15) is 15.9 Å². The standard InChI is InChI=1S/C10H7BrFNO3/c1-5-8(10(15)16-2)7(12)3-6(11)9(5)13-4-14/h3H,1-2H3. The molecule has 0 amide bonds. The molecule has 0 saturated heterocycles. The van der Waals surface area contributed by atoms with Crippen molar-refractivity contribution in [3.05, 3.63) is 27.5 Å². The van der Waals surface area contributed by atoms with Gasteiger partial charge in [-0.05, 0) is 34.5 Å². The summed E-state index contributed by atoms with van der Waals surface area (Å²) in [6, 6.07) is 1.05. The molecule has 0 radical (unpaired) electrons. The molecule has 6 heteroatoms. The van der Waals surface area contributed by atoms with E-state index in [2.05, 4.69) is 25.7 Å². The van der Waals surface area contributed by atoms with Crippen molar-refractivity contribution in [2.24, 2.45) is 4.99 Å². The second-order valence-corrected chi connectivity index (χ2v) is 3.74. The van der Waals surface area contributed by atoms with Gasteiger partial charge in [0.15, 0.2) is 0 Å². The van der Waals surface area contributed by atoms with Crippen molar-refractivity contribution in [1.29, 1.82) is 0 Å². The van der Waals surface area contributed by atoms with Crippen LogP contribution in [0.4, 0.5) is 10.1 Å². The number of hydrogen-bond acceptors (Lipinski definition) is 4. The fraction of sp³-hybridized carbons (Fsp3) is 0.200. The lowest BCUT2D eigenvalue weighted by molar-refractivity contribution is 0.0594. The third kappa shape index (κ3) is 2.18. The third-order valence-electron chi connectivity index (χ3n) is 2.00. The minimum absolute atomic E-state index is 0.164. The second-order valence-electron chi connectivity index (χ2n) is 2.88. The van der Waals surface area contributed by atoms with E-state index in [4.69, 9.17) is 0 Å². The number of benzene rings is 1. The third-order valence-corrected chi connectivity index (χ3v) is 2.60. The van der Waals surface area contributed by atoms with Gasteiger partial charge in [0.25, 0.3) is 0 Å². The zero-order valence-corrected chi connectivity index (χ0v) is 10.1. The maximum Gasteiger partial charge on any atom is 0.341 e. The Morgan fingerprint density at radius 1 is 1.62 bits per heavy atom. The molecule has 0 heterocycles. The van der Waals surface area contributed by atoms with Crippen LogP contribution in [-0.2, 0) is 9.53 Å². The van der Waals surface area contributed by atoms with E-state index in [9.17, 15) is 14.0 Å². The molecule has 1 rings (SSSR count). The molecule has 4 nitrogen and oxygen atoms in total. The van der Waals surface area contributed by atoms with Crippen LogP contribution >= 0.6 is 15.9 Å². The van der Waals surface area contributed by atoms with Crippen molar-refractivity contribution in [2.75, 3.05) is 7.11 Å². The van der Waals surface area contributed by atoms with Crippen LogP contribution in [0.2, 0.25) is 0 Å². The van der Waals surface area contributed by atoms with Gasteiger partial charge in [-0.1, -0.05) is 0 Å². The summed E-state index contributed by atoms with van der Waals surface area (Å²) in [5, 5.41) is 0. The highest BCUT2D eigenvalue weighted by atomic mass is 79.9. The quantitative estimate of drug-likeness (QED) is 0.477. The lowest BCUT2D eigenvalue weighted by atomic mass is 10.1. The number of nitrogens with zero attached hydrogens (tertiary/aromatic N) is 1. The number of isocyanates is 1. The van der Waals surface area contributed by atoms with E-state index in [1.54, 1.807) is 0 Å². The van der Waals surface area contributed by atoms with Gasteiger partial charge in [-0.2, -0.15) is 4.99 Å². The molecule has 0 bridgehead atoms. The number of carbonyl (C=O) groups excluding carboxylic acids is 2. The van der Waals surface area contributed by atoms with Crippen molar-refractivity contribution in [1.82, 2.24) is 0 Å². The molecule has 0 unspecified atom stereocenters. The van der Waals surface area contributed by atoms with Crippen LogP contribution in [0.15, 0.2) is 15.5 Å². The van der Waals surface area contributed by atoms with Gasteiger partial charge in [0.05, 0.1) is 12.8 Å². The molecule has 1 aromatic rings. The van der Waals surface area contributed by atoms with Gasteiger partial charge < -0.3 is 4.74 Å². The molecule has 1 aromatic carbocycles. The summed E-state index contributed by atoms with van der Waals surface area (Å²) in [5.41, 5.74) is 0.151. The summed E-state index contributed by atoms with van der Waals surface area (Å²) in [6.45, 7) is 1.47. The highest BCUT2D eigenvalue weighted by Gasteiger charge is 2.20. The Balaban J connectivity index is 3.57. The summed E-state index contributed by atoms with van der Waals surface area (Å²) in [5.74, 6) is -1.55. The number of hydrogen-bond donors (Lipinski definition) is 0. The zero-order chi connectivity index (χ0) is 12.3. The van der Waals surface area contributed by atoms with E-state index in [-0.39, 0.29) is 21.3 Å². The second kappa shape index (κ2) is 5.01. The number of aliphatic imine (C=N–C) groups is 1. The lowest BCUT2D eigenvalue weighted by Crippen LogP contribution is -2.07. The Labute approximate surface area is 99.3 Å². The van der Waals surface area contributed by atoms with Crippen LogP contribution < -0.4 is 0 Å². The first-order chi connectivity index (χ1) is 7.52. The van der Waals surface area contributed by atoms with Gasteiger partial charge in [-0.3, -0.25) is 0 Å². The summed E-state index contributed by atoms with van der Waals surface area (Å²) < 4.78 is 18.2. The van der Waals surface area contributed by atoms with Gasteiger partial charge in [-0.15, -0.1) is 0 Å². The van der Waals surface area contributed by atoms with Crippen LogP contribution in [0.3, 0.4) is 0 Å². The van der Waals surface area contributed by atoms with Gasteiger partial charge in [0, 0.05) is 4.47 Å². The molecule has 0 fully saturated rings. The molecule has 0 aromatic heterocycles. The van der Waals surface area contributed by atoms with Crippen LogP contribution in [0.5, 0.6) is 0 Å². The minimum atomic E-state index is -0.815. The summed E-state index contributed by atoms with van der Waals surface area (Å²) in [4.78, 5) is 24.9. The summed E-state index contributed by atoms with van der Waals surface area (Å²) in [6.07, 6.45) is 1.34. The van der Waals surface area contributed by atoms with Crippen LogP contribution in [0.25, 0.3) is 0 Å². The van der Waals surface area contributed by atoms with E-state index >= 15 is 0 Å². The Kier molecular flexibility index (Phi) is 3.93. The molecule has 0 spiro atoms. The average Bonchev–Trinajstić information content (AvgIpc) is 2.23. The first-order valence-electron chi connectivity index (χ1n) is 4.17. The zero-order valence-electron chi connectivity index (χ0n) is 8.51. The number of methoxy groups -OCH3 is 1. The Morgan fingerprint density at radius 3 is 2.75 bits per heavy atom. The number of carbonyl (C=O) groups is 1. The first kappa shape index (κ1) is 12.5. The minimum Gasteiger partial charge on any atom is -0.465 e. The van der Waals surface area contributed by atoms with Crippen molar-refractivity contribution in [3.63, 3.8) is 0 Å². The maximum absolute atomic E-state index is 13.5. The highest BCUT2D eigenvalue weighted by Crippen LogP contribution is 2.33. The Morgan fingerprint density at radius 2 is 2.25 bits per heavy atom. The van der Waals surface area contributed by atoms with Crippen molar-refractivity contribution >= 4 is 33.7 Å². The number of halogens is 2. The maximum atomic E-state index is 13.5. The molecule has 0 aliphatic carbocycles. The predicted molar refractivity (Wildman–Crippen MR) is 58.0 cm³/mol. The topological polar surface area (TPSA) is 55.7 Å². The normalized spacial score (nSPS) is 9.50. The largest absolute Gasteiger partial charge is 0.465 e. The van der Waals surface area contributed by atoms with Crippen molar-refractivity contribution in [2.45, 2.75) is 6.92 Å². The average molecular weight is 288 g/mol. The molecule has 0 atom stereocenters. The number of rotatable bonds is 2. The Hall–Kier alpha value is -1.52. The SMILES string of the molecule is COC(=O)c1c(F)cc(Br)c(N=C=O)c1C. The van der Waals surface area contributed by atoms with Crippen LogP contribution in [-0.4, -0.2) is 19.2 Å². The summed E-state index contributed by atoms with van der Waals surface area (Å²) in [7, 11) is 1.14. The highest BCUT2D eigenvalue weighted by molar-refractivity contribution is 9.10. The van der Waals surface area contributed by atoms with E-state index in [1.165, 1.54) is 13.0 Å². The molecular weight excluding hydrogens is 281 g/mol. The number of ether oxygens (including phenoxy) is 1. The molecule has 84 valence electrons. The van der Waals surface area contributed by atoms with E-state index in [0.717, 1.165) is 13.2 Å². The van der Waals surface area contributed by atoms with E-state index < -0.39 is 11.8 Å². The van der Waals surface area contributed by atoms with Gasteiger partial charge in [0.1, 0.15) is 11.4 Å².